The molecule has 0 bridgehead atoms. The predicted molar refractivity (Wildman–Crippen MR) is 78.1 cm³/mol. The molecule has 2 heterocycles. The molecule has 4 heteroatoms. The number of benzene rings is 1. The minimum absolute atomic E-state index is 0.756. The van der Waals surface area contributed by atoms with E-state index >= 15 is 0 Å². The molecule has 3 rings (SSSR count). The average molecular weight is 273 g/mol. The van der Waals surface area contributed by atoms with Crippen LogP contribution in [0.3, 0.4) is 0 Å². The summed E-state index contributed by atoms with van der Waals surface area (Å²) in [4.78, 5) is 4.67. The van der Waals surface area contributed by atoms with E-state index in [9.17, 15) is 0 Å². The van der Waals surface area contributed by atoms with Crippen LogP contribution in [0.4, 0.5) is 0 Å². The fourth-order valence-corrected chi connectivity index (χ4v) is 3.01. The Morgan fingerprint density at radius 2 is 1.95 bits per heavy atom. The largest absolute Gasteiger partial charge is 0.493 e. The van der Waals surface area contributed by atoms with E-state index in [0.717, 1.165) is 35.7 Å². The fraction of sp³-hybridized carbons (Fsp3) is 0.267. The Morgan fingerprint density at radius 1 is 1.16 bits per heavy atom. The summed E-state index contributed by atoms with van der Waals surface area (Å²) in [6, 6.07) is 6.20. The normalized spacial score (nSPS) is 13.7. The van der Waals surface area contributed by atoms with Crippen molar-refractivity contribution in [2.75, 3.05) is 20.8 Å². The third kappa shape index (κ3) is 2.12. The molecule has 0 aliphatic carbocycles. The zero-order valence-electron chi connectivity index (χ0n) is 11.0. The van der Waals surface area contributed by atoms with Gasteiger partial charge in [-0.15, -0.1) is 0 Å². The Labute approximate surface area is 116 Å². The van der Waals surface area contributed by atoms with Gasteiger partial charge in [0.05, 0.1) is 19.9 Å². The van der Waals surface area contributed by atoms with Crippen molar-refractivity contribution in [2.24, 2.45) is 4.99 Å². The maximum absolute atomic E-state index is 5.39. The molecular formula is C15H15NO2S. The van der Waals surface area contributed by atoms with Crippen molar-refractivity contribution < 1.29 is 9.47 Å². The molecule has 1 aliphatic heterocycles. The molecular weight excluding hydrogens is 258 g/mol. The second-order valence-electron chi connectivity index (χ2n) is 4.36. The minimum atomic E-state index is 0.756. The molecule has 0 N–H and O–H groups in total. The Balaban J connectivity index is 2.14. The summed E-state index contributed by atoms with van der Waals surface area (Å²) in [5.41, 5.74) is 4.66. The minimum Gasteiger partial charge on any atom is -0.493 e. The summed E-state index contributed by atoms with van der Waals surface area (Å²) in [5, 5.41) is 4.21. The highest BCUT2D eigenvalue weighted by molar-refractivity contribution is 7.08. The number of fused-ring (bicyclic) bond motifs is 1. The first-order valence-electron chi connectivity index (χ1n) is 6.15. The fourth-order valence-electron chi connectivity index (χ4n) is 2.37. The third-order valence-electron chi connectivity index (χ3n) is 3.31. The van der Waals surface area contributed by atoms with Gasteiger partial charge >= 0.3 is 0 Å². The standard InChI is InChI=1S/C15H15NO2S/c1-17-13-7-10-3-5-16-15(11-4-6-19-9-11)12(10)8-14(13)18-2/h4,6-9H,3,5H2,1-2H3. The highest BCUT2D eigenvalue weighted by atomic mass is 32.1. The van der Waals surface area contributed by atoms with Crippen LogP contribution >= 0.6 is 11.3 Å². The van der Waals surface area contributed by atoms with Crippen LogP contribution in [0.2, 0.25) is 0 Å². The average Bonchev–Trinajstić information content (AvgIpc) is 2.99. The Bertz CT molecular complexity index is 617. The van der Waals surface area contributed by atoms with Gasteiger partial charge < -0.3 is 9.47 Å². The van der Waals surface area contributed by atoms with E-state index in [0.29, 0.717) is 0 Å². The van der Waals surface area contributed by atoms with Crippen molar-refractivity contribution in [1.82, 2.24) is 0 Å². The van der Waals surface area contributed by atoms with Gasteiger partial charge in [-0.25, -0.2) is 0 Å². The number of hydrogen-bond acceptors (Lipinski definition) is 4. The zero-order valence-corrected chi connectivity index (χ0v) is 11.8. The van der Waals surface area contributed by atoms with Crippen molar-refractivity contribution in [1.29, 1.82) is 0 Å². The molecule has 0 radical (unpaired) electrons. The van der Waals surface area contributed by atoms with E-state index in [-0.39, 0.29) is 0 Å². The van der Waals surface area contributed by atoms with E-state index in [1.807, 2.05) is 6.07 Å². The Kier molecular flexibility index (Phi) is 3.25. The van der Waals surface area contributed by atoms with E-state index in [1.165, 1.54) is 11.1 Å². The van der Waals surface area contributed by atoms with Crippen LogP contribution in [0.5, 0.6) is 11.5 Å². The van der Waals surface area contributed by atoms with Gasteiger partial charge in [-0.05, 0) is 35.6 Å². The molecule has 1 aromatic carbocycles. The van der Waals surface area contributed by atoms with Gasteiger partial charge in [0, 0.05) is 23.1 Å². The van der Waals surface area contributed by atoms with E-state index in [2.05, 4.69) is 27.9 Å². The zero-order chi connectivity index (χ0) is 13.2. The number of nitrogens with zero attached hydrogens (tertiary/aromatic N) is 1. The maximum atomic E-state index is 5.39. The lowest BCUT2D eigenvalue weighted by molar-refractivity contribution is 0.354. The van der Waals surface area contributed by atoms with Crippen LogP contribution in [0.15, 0.2) is 34.0 Å². The van der Waals surface area contributed by atoms with Crippen molar-refractivity contribution in [3.63, 3.8) is 0 Å². The van der Waals surface area contributed by atoms with Crippen LogP contribution in [0.1, 0.15) is 16.7 Å². The second-order valence-corrected chi connectivity index (χ2v) is 5.14. The third-order valence-corrected chi connectivity index (χ3v) is 3.99. The van der Waals surface area contributed by atoms with E-state index in [1.54, 1.807) is 25.6 Å². The first-order valence-corrected chi connectivity index (χ1v) is 7.10. The molecule has 19 heavy (non-hydrogen) atoms. The molecule has 98 valence electrons. The molecule has 3 nitrogen and oxygen atoms in total. The molecule has 1 aromatic heterocycles. The van der Waals surface area contributed by atoms with Gasteiger partial charge in [0.2, 0.25) is 0 Å². The number of hydrogen-bond donors (Lipinski definition) is 0. The van der Waals surface area contributed by atoms with Crippen molar-refractivity contribution >= 4 is 17.0 Å². The number of ether oxygens (including phenoxy) is 2. The van der Waals surface area contributed by atoms with Crippen LogP contribution < -0.4 is 9.47 Å². The lowest BCUT2D eigenvalue weighted by atomic mass is 9.94. The summed E-state index contributed by atoms with van der Waals surface area (Å²) in [5.74, 6) is 1.54. The second kappa shape index (κ2) is 5.05. The lowest BCUT2D eigenvalue weighted by Crippen LogP contribution is -2.14. The van der Waals surface area contributed by atoms with Crippen molar-refractivity contribution in [2.45, 2.75) is 6.42 Å². The van der Waals surface area contributed by atoms with Gasteiger partial charge in [0.25, 0.3) is 0 Å². The van der Waals surface area contributed by atoms with Gasteiger partial charge in [-0.2, -0.15) is 11.3 Å². The van der Waals surface area contributed by atoms with Crippen LogP contribution in [0, 0.1) is 0 Å². The van der Waals surface area contributed by atoms with Crippen LogP contribution in [0.25, 0.3) is 0 Å². The maximum Gasteiger partial charge on any atom is 0.161 e. The topological polar surface area (TPSA) is 30.8 Å². The predicted octanol–water partition coefficient (Wildman–Crippen LogP) is 3.16. The van der Waals surface area contributed by atoms with Crippen molar-refractivity contribution in [3.05, 3.63) is 45.6 Å². The first-order chi connectivity index (χ1) is 9.33. The summed E-state index contributed by atoms with van der Waals surface area (Å²) in [6.07, 6.45) is 0.948. The van der Waals surface area contributed by atoms with E-state index < -0.39 is 0 Å². The number of rotatable bonds is 3. The lowest BCUT2D eigenvalue weighted by Gasteiger charge is -2.19. The smallest absolute Gasteiger partial charge is 0.161 e. The molecule has 0 saturated heterocycles. The summed E-state index contributed by atoms with van der Waals surface area (Å²) in [7, 11) is 3.33. The molecule has 1 aliphatic rings. The first kappa shape index (κ1) is 12.2. The van der Waals surface area contributed by atoms with E-state index in [4.69, 9.17) is 9.47 Å². The van der Waals surface area contributed by atoms with Crippen LogP contribution in [-0.2, 0) is 6.42 Å². The summed E-state index contributed by atoms with van der Waals surface area (Å²) >= 11 is 1.69. The summed E-state index contributed by atoms with van der Waals surface area (Å²) in [6.45, 7) is 0.827. The molecule has 0 spiro atoms. The molecule has 0 fully saturated rings. The molecule has 0 atom stereocenters. The molecule has 0 saturated carbocycles. The highest BCUT2D eigenvalue weighted by Crippen LogP contribution is 2.33. The number of aliphatic imine (C=N–C) groups is 1. The van der Waals surface area contributed by atoms with Gasteiger partial charge in [0.15, 0.2) is 11.5 Å². The van der Waals surface area contributed by atoms with Gasteiger partial charge in [0.1, 0.15) is 0 Å². The quantitative estimate of drug-likeness (QED) is 0.860. The SMILES string of the molecule is COc1cc2c(cc1OC)C(c1ccsc1)=NCC2. The molecule has 2 aromatic rings. The Hall–Kier alpha value is -1.81. The molecule has 0 unspecified atom stereocenters. The van der Waals surface area contributed by atoms with Gasteiger partial charge in [-0.3, -0.25) is 4.99 Å². The van der Waals surface area contributed by atoms with Crippen LogP contribution in [-0.4, -0.2) is 26.5 Å². The molecule has 0 amide bonds. The number of thiophene rings is 1. The van der Waals surface area contributed by atoms with Gasteiger partial charge in [-0.1, -0.05) is 0 Å². The van der Waals surface area contributed by atoms with Crippen molar-refractivity contribution in [3.8, 4) is 11.5 Å². The number of methoxy groups -OCH3 is 2. The monoisotopic (exact) mass is 273 g/mol. The summed E-state index contributed by atoms with van der Waals surface area (Å²) < 4.78 is 10.8. The highest BCUT2D eigenvalue weighted by Gasteiger charge is 2.19. The Morgan fingerprint density at radius 3 is 2.63 bits per heavy atom.